The van der Waals surface area contributed by atoms with Crippen molar-refractivity contribution in [1.82, 2.24) is 9.88 Å². The second-order valence-electron chi connectivity index (χ2n) is 14.6. The minimum absolute atomic E-state index is 0.0220. The van der Waals surface area contributed by atoms with Gasteiger partial charge in [0.05, 0.1) is 22.4 Å². The summed E-state index contributed by atoms with van der Waals surface area (Å²) in [5, 5.41) is 20.7. The van der Waals surface area contributed by atoms with E-state index in [1.165, 1.54) is 6.07 Å². The summed E-state index contributed by atoms with van der Waals surface area (Å²) in [5.74, 6) is -2.04. The molecule has 3 heterocycles. The second-order valence-corrected chi connectivity index (χ2v) is 15.4. The Morgan fingerprint density at radius 2 is 1.84 bits per heavy atom. The first-order valence-corrected chi connectivity index (χ1v) is 15.8. The molecule has 1 aliphatic carbocycles. The molecule has 8 nitrogen and oxygen atoms in total. The molecular formula is C34H39Cl2FN4O4. The van der Waals surface area contributed by atoms with Gasteiger partial charge in [0.1, 0.15) is 17.1 Å². The summed E-state index contributed by atoms with van der Waals surface area (Å²) in [6.07, 6.45) is -0.631. The number of nitrogens with one attached hydrogen (secondary N) is 3. The molecule has 240 valence electrons. The highest BCUT2D eigenvalue weighted by molar-refractivity contribution is 6.31. The molecule has 4 N–H and O–H groups in total. The third-order valence-electron chi connectivity index (χ3n) is 9.66. The van der Waals surface area contributed by atoms with Gasteiger partial charge in [-0.25, -0.2) is 4.39 Å². The Labute approximate surface area is 272 Å². The van der Waals surface area contributed by atoms with Crippen LogP contribution in [0.15, 0.2) is 48.5 Å². The van der Waals surface area contributed by atoms with Crippen molar-refractivity contribution in [3.8, 4) is 0 Å². The molecule has 3 aliphatic rings. The molecule has 45 heavy (non-hydrogen) atoms. The Hall–Kier alpha value is -2.95. The van der Waals surface area contributed by atoms with Gasteiger partial charge in [-0.1, -0.05) is 62.2 Å². The smallest absolute Gasteiger partial charge is 0.243 e. The average molecular weight is 658 g/mol. The van der Waals surface area contributed by atoms with Gasteiger partial charge < -0.3 is 25.0 Å². The molecular weight excluding hydrogens is 618 g/mol. The molecule has 2 amide bonds. The van der Waals surface area contributed by atoms with Crippen LogP contribution in [0.1, 0.15) is 77.0 Å². The van der Waals surface area contributed by atoms with E-state index >= 15 is 4.39 Å². The molecule has 0 bridgehead atoms. The molecule has 11 heteroatoms. The minimum atomic E-state index is -1.35. The third-order valence-corrected chi connectivity index (χ3v) is 10.2. The summed E-state index contributed by atoms with van der Waals surface area (Å²) < 4.78 is 23.5. The molecule has 2 spiro atoms. The average Bonchev–Trinajstić information content (AvgIpc) is 3.32. The van der Waals surface area contributed by atoms with E-state index in [9.17, 15) is 14.7 Å². The van der Waals surface area contributed by atoms with Crippen molar-refractivity contribution in [2.24, 2.45) is 18.4 Å². The Morgan fingerprint density at radius 1 is 1.13 bits per heavy atom. The molecule has 6 atom stereocenters. The zero-order valence-corrected chi connectivity index (χ0v) is 27.9. The van der Waals surface area contributed by atoms with Gasteiger partial charge in [0, 0.05) is 29.2 Å². The van der Waals surface area contributed by atoms with Gasteiger partial charge in [0.2, 0.25) is 11.8 Å². The van der Waals surface area contributed by atoms with E-state index in [0.717, 1.165) is 0 Å². The van der Waals surface area contributed by atoms with Gasteiger partial charge in [-0.2, -0.15) is 0 Å². The molecule has 1 saturated carbocycles. The van der Waals surface area contributed by atoms with E-state index in [0.29, 0.717) is 34.2 Å². The molecule has 2 fully saturated rings. The molecule has 1 saturated heterocycles. The van der Waals surface area contributed by atoms with Crippen molar-refractivity contribution in [2.75, 3.05) is 10.6 Å². The molecule has 2 aliphatic heterocycles. The number of nitrogens with zero attached hydrogens (tertiary/aromatic N) is 1. The standard InChI is InChI=1S/C34H39Cl2FN4O4/c1-31(2,3)23-16-33(23)34(19-12-11-17(35)15-21(19)38-30(34)44)25(18-9-8-10-20(36)26(18)37)27(40-33)28(42)39-24-14-13-22(41(24)7)29(43)45-32(4,5)6/h8-15,23,25,27,29,40,43H,16H2,1-7H3,(H,38,44)(H,39,42)/t23-,25?,27-,29?,33-,34-/m1/s1. The van der Waals surface area contributed by atoms with Crippen LogP contribution in [0.5, 0.6) is 0 Å². The maximum Gasteiger partial charge on any atom is 0.243 e. The first-order chi connectivity index (χ1) is 20.9. The normalized spacial score (nSPS) is 28.0. The van der Waals surface area contributed by atoms with Crippen molar-refractivity contribution in [1.29, 1.82) is 0 Å². The summed E-state index contributed by atoms with van der Waals surface area (Å²) in [7, 11) is 1.71. The number of hydrogen-bond donors (Lipinski definition) is 4. The fraction of sp³-hybridized carbons (Fsp3) is 0.471. The summed E-state index contributed by atoms with van der Waals surface area (Å²) in [4.78, 5) is 29.0. The quantitative estimate of drug-likeness (QED) is 0.230. The van der Waals surface area contributed by atoms with Gasteiger partial charge >= 0.3 is 0 Å². The Kier molecular flexibility index (Phi) is 7.50. The van der Waals surface area contributed by atoms with Gasteiger partial charge in [0.15, 0.2) is 6.29 Å². The largest absolute Gasteiger partial charge is 0.363 e. The van der Waals surface area contributed by atoms with Crippen molar-refractivity contribution < 1.29 is 23.8 Å². The molecule has 2 unspecified atom stereocenters. The lowest BCUT2D eigenvalue weighted by Crippen LogP contribution is -2.52. The predicted octanol–water partition coefficient (Wildman–Crippen LogP) is 6.67. The number of amides is 2. The lowest BCUT2D eigenvalue weighted by atomic mass is 9.61. The number of rotatable bonds is 5. The van der Waals surface area contributed by atoms with Crippen molar-refractivity contribution in [2.45, 2.75) is 82.8 Å². The van der Waals surface area contributed by atoms with Crippen LogP contribution in [-0.2, 0) is 26.8 Å². The van der Waals surface area contributed by atoms with E-state index in [-0.39, 0.29) is 27.8 Å². The summed E-state index contributed by atoms with van der Waals surface area (Å²) in [6, 6.07) is 12.2. The van der Waals surface area contributed by atoms with Gasteiger partial charge in [-0.3, -0.25) is 14.9 Å². The van der Waals surface area contributed by atoms with Crippen LogP contribution in [-0.4, -0.2) is 38.7 Å². The number of hydrogen-bond acceptors (Lipinski definition) is 5. The number of ether oxygens (including phenoxy) is 1. The number of carbonyl (C=O) groups excluding carboxylic acids is 2. The first-order valence-electron chi connectivity index (χ1n) is 15.1. The van der Waals surface area contributed by atoms with Crippen LogP contribution in [0.3, 0.4) is 0 Å². The Morgan fingerprint density at radius 3 is 2.49 bits per heavy atom. The fourth-order valence-corrected chi connectivity index (χ4v) is 8.21. The highest BCUT2D eigenvalue weighted by atomic mass is 35.5. The number of carbonyl (C=O) groups is 2. The molecule has 3 aromatic rings. The summed E-state index contributed by atoms with van der Waals surface area (Å²) >= 11 is 12.7. The van der Waals surface area contributed by atoms with Crippen LogP contribution < -0.4 is 16.0 Å². The zero-order valence-electron chi connectivity index (χ0n) is 26.4. The molecule has 1 aromatic heterocycles. The minimum Gasteiger partial charge on any atom is -0.363 e. The third kappa shape index (κ3) is 4.90. The van der Waals surface area contributed by atoms with E-state index in [2.05, 4.69) is 36.7 Å². The van der Waals surface area contributed by atoms with E-state index in [1.54, 1.807) is 48.0 Å². The summed E-state index contributed by atoms with van der Waals surface area (Å²) in [5.41, 5.74) is -1.24. The predicted molar refractivity (Wildman–Crippen MR) is 173 cm³/mol. The fourth-order valence-electron chi connectivity index (χ4n) is 7.85. The SMILES string of the molecule is Cn1c(NC(=O)[C@@H]2N[C@@]3(C[C@@H]3C(C)(C)C)[C@@]3(C(=O)Nc4cc(Cl)ccc43)C2c2cccc(Cl)c2F)ccc1C(O)OC(C)(C)C. The number of aliphatic hydroxyl groups is 1. The van der Waals surface area contributed by atoms with Crippen LogP contribution in [0.25, 0.3) is 0 Å². The molecule has 6 rings (SSSR count). The van der Waals surface area contributed by atoms with Gasteiger partial charge in [0.25, 0.3) is 0 Å². The maximum atomic E-state index is 16.1. The monoisotopic (exact) mass is 656 g/mol. The highest BCUT2D eigenvalue weighted by Gasteiger charge is 2.81. The summed E-state index contributed by atoms with van der Waals surface area (Å²) in [6.45, 7) is 11.8. The van der Waals surface area contributed by atoms with Gasteiger partial charge in [-0.15, -0.1) is 0 Å². The highest BCUT2D eigenvalue weighted by Crippen LogP contribution is 2.72. The lowest BCUT2D eigenvalue weighted by Gasteiger charge is -2.38. The van der Waals surface area contributed by atoms with Crippen LogP contribution in [0, 0.1) is 17.2 Å². The number of benzene rings is 2. The van der Waals surface area contributed by atoms with E-state index in [4.69, 9.17) is 27.9 Å². The van der Waals surface area contributed by atoms with E-state index in [1.807, 2.05) is 26.8 Å². The first kappa shape index (κ1) is 32.0. The molecule has 0 radical (unpaired) electrons. The maximum absolute atomic E-state index is 16.1. The van der Waals surface area contributed by atoms with E-state index < -0.39 is 46.5 Å². The number of anilines is 2. The van der Waals surface area contributed by atoms with Gasteiger partial charge in [-0.05, 0) is 80.0 Å². The Balaban J connectivity index is 1.50. The van der Waals surface area contributed by atoms with Crippen molar-refractivity contribution >= 4 is 46.5 Å². The lowest BCUT2D eigenvalue weighted by molar-refractivity contribution is -0.172. The van der Waals surface area contributed by atoms with Crippen molar-refractivity contribution in [3.05, 3.63) is 81.2 Å². The number of fused-ring (bicyclic) bond motifs is 3. The van der Waals surface area contributed by atoms with Crippen LogP contribution >= 0.6 is 23.2 Å². The topological polar surface area (TPSA) is 105 Å². The second kappa shape index (κ2) is 10.5. The Bertz CT molecular complexity index is 1710. The number of aliphatic hydroxyl groups excluding tert-OH is 1. The van der Waals surface area contributed by atoms with Crippen LogP contribution in [0.4, 0.5) is 15.9 Å². The zero-order chi connectivity index (χ0) is 32.9. The van der Waals surface area contributed by atoms with Crippen LogP contribution in [0.2, 0.25) is 10.0 Å². The number of halogens is 3. The molecule has 2 aromatic carbocycles. The number of aromatic nitrogens is 1. The van der Waals surface area contributed by atoms with Crippen molar-refractivity contribution in [3.63, 3.8) is 0 Å².